The monoisotopic (exact) mass is 266 g/mol. The summed E-state index contributed by atoms with van der Waals surface area (Å²) in [6, 6.07) is 5.17. The normalized spacial score (nSPS) is 23.2. The Hall–Kier alpha value is -1.06. The van der Waals surface area contributed by atoms with E-state index in [1.165, 1.54) is 0 Å². The van der Waals surface area contributed by atoms with E-state index in [1.807, 2.05) is 0 Å². The Bertz CT molecular complexity index is 453. The van der Waals surface area contributed by atoms with Crippen molar-refractivity contribution in [3.8, 4) is 0 Å². The molecular formula is C14H19ClN2O. The lowest BCUT2D eigenvalue weighted by molar-refractivity contribution is 0.0802. The Labute approximate surface area is 113 Å². The van der Waals surface area contributed by atoms with Crippen LogP contribution in [0.4, 0.5) is 5.69 Å². The van der Waals surface area contributed by atoms with Crippen molar-refractivity contribution in [2.24, 2.45) is 5.41 Å². The maximum atomic E-state index is 12.7. The van der Waals surface area contributed by atoms with Crippen LogP contribution >= 0.6 is 11.6 Å². The highest BCUT2D eigenvalue weighted by atomic mass is 35.5. The average molecular weight is 267 g/mol. The molecule has 1 atom stereocenters. The minimum Gasteiger partial charge on any atom is -0.398 e. The molecule has 1 saturated heterocycles. The van der Waals surface area contributed by atoms with Crippen LogP contribution in [0.2, 0.25) is 5.02 Å². The van der Waals surface area contributed by atoms with Crippen LogP contribution in [0.1, 0.15) is 36.5 Å². The topological polar surface area (TPSA) is 55.1 Å². The highest BCUT2D eigenvalue weighted by Gasteiger charge is 2.40. The van der Waals surface area contributed by atoms with Gasteiger partial charge in [-0.1, -0.05) is 24.9 Å². The smallest absolute Gasteiger partial charge is 0.170 e. The molecule has 0 amide bonds. The van der Waals surface area contributed by atoms with Crippen molar-refractivity contribution in [2.45, 2.75) is 26.2 Å². The first kappa shape index (κ1) is 13.4. The number of nitrogens with two attached hydrogens (primary N) is 1. The Morgan fingerprint density at radius 2 is 2.33 bits per heavy atom. The quantitative estimate of drug-likeness (QED) is 0.651. The lowest BCUT2D eigenvalue weighted by atomic mass is 9.76. The maximum Gasteiger partial charge on any atom is 0.170 e. The summed E-state index contributed by atoms with van der Waals surface area (Å²) in [7, 11) is 0. The summed E-state index contributed by atoms with van der Waals surface area (Å²) in [5.74, 6) is 0.191. The molecule has 1 heterocycles. The van der Waals surface area contributed by atoms with Crippen LogP contribution in [0.15, 0.2) is 18.2 Å². The van der Waals surface area contributed by atoms with E-state index in [9.17, 15) is 4.79 Å². The van der Waals surface area contributed by atoms with E-state index in [0.29, 0.717) is 16.3 Å². The predicted molar refractivity (Wildman–Crippen MR) is 75.0 cm³/mol. The van der Waals surface area contributed by atoms with Gasteiger partial charge in [-0.25, -0.2) is 0 Å². The lowest BCUT2D eigenvalue weighted by Gasteiger charge is -2.26. The molecule has 0 aromatic heterocycles. The first-order chi connectivity index (χ1) is 8.59. The number of hydrogen-bond acceptors (Lipinski definition) is 3. The zero-order valence-electron chi connectivity index (χ0n) is 10.6. The molecule has 2 rings (SSSR count). The summed E-state index contributed by atoms with van der Waals surface area (Å²) < 4.78 is 0. The second-order valence-corrected chi connectivity index (χ2v) is 5.43. The van der Waals surface area contributed by atoms with Crippen LogP contribution in [0, 0.1) is 5.41 Å². The predicted octanol–water partition coefficient (Wildman–Crippen LogP) is 2.88. The van der Waals surface area contributed by atoms with Crippen LogP contribution in [0.25, 0.3) is 0 Å². The number of nitrogen functional groups attached to an aromatic ring is 1. The fourth-order valence-electron chi connectivity index (χ4n) is 2.72. The van der Waals surface area contributed by atoms with Gasteiger partial charge >= 0.3 is 0 Å². The highest BCUT2D eigenvalue weighted by molar-refractivity contribution is 6.33. The van der Waals surface area contributed by atoms with Gasteiger partial charge in [0.15, 0.2) is 5.78 Å². The van der Waals surface area contributed by atoms with Crippen molar-refractivity contribution in [3.63, 3.8) is 0 Å². The summed E-state index contributed by atoms with van der Waals surface area (Å²) in [6.45, 7) is 3.79. The molecule has 1 aliphatic rings. The molecule has 1 fully saturated rings. The van der Waals surface area contributed by atoms with Gasteiger partial charge in [0, 0.05) is 17.5 Å². The van der Waals surface area contributed by atoms with E-state index < -0.39 is 0 Å². The second-order valence-electron chi connectivity index (χ2n) is 5.02. The zero-order chi connectivity index (χ0) is 13.2. The largest absolute Gasteiger partial charge is 0.398 e. The molecular weight excluding hydrogens is 248 g/mol. The van der Waals surface area contributed by atoms with Gasteiger partial charge in [-0.3, -0.25) is 4.79 Å². The van der Waals surface area contributed by atoms with Gasteiger partial charge in [0.25, 0.3) is 0 Å². The van der Waals surface area contributed by atoms with Crippen molar-refractivity contribution >= 4 is 23.1 Å². The third-order valence-corrected chi connectivity index (χ3v) is 4.04. The number of Topliss-reactive ketones (excluding diaryl/α,β-unsaturated/α-hetero) is 1. The fraction of sp³-hybridized carbons (Fsp3) is 0.500. The standard InChI is InChI=1S/C14H19ClN2O/c1-2-5-14(6-7-17-9-14)13(18)10-3-4-12(16)11(15)8-10/h3-4,8,17H,2,5-7,9,16H2,1H3. The van der Waals surface area contributed by atoms with Gasteiger partial charge in [-0.2, -0.15) is 0 Å². The SMILES string of the molecule is CCCC1(C(=O)c2ccc(N)c(Cl)c2)CCNC1. The van der Waals surface area contributed by atoms with E-state index in [2.05, 4.69) is 12.2 Å². The van der Waals surface area contributed by atoms with Gasteiger partial charge in [0.1, 0.15) is 0 Å². The van der Waals surface area contributed by atoms with E-state index in [4.69, 9.17) is 17.3 Å². The minimum absolute atomic E-state index is 0.191. The summed E-state index contributed by atoms with van der Waals surface area (Å²) in [4.78, 5) is 12.7. The maximum absolute atomic E-state index is 12.7. The first-order valence-corrected chi connectivity index (χ1v) is 6.77. The number of carbonyl (C=O) groups excluding carboxylic acids is 1. The summed E-state index contributed by atoms with van der Waals surface area (Å²) in [5, 5.41) is 3.75. The van der Waals surface area contributed by atoms with Crippen LogP contribution in [0.3, 0.4) is 0 Å². The summed E-state index contributed by atoms with van der Waals surface area (Å²) in [5.41, 5.74) is 6.61. The molecule has 0 saturated carbocycles. The van der Waals surface area contributed by atoms with Gasteiger partial charge in [0.05, 0.1) is 10.7 Å². The molecule has 0 spiro atoms. The number of rotatable bonds is 4. The fourth-order valence-corrected chi connectivity index (χ4v) is 2.90. The van der Waals surface area contributed by atoms with Crippen molar-refractivity contribution in [3.05, 3.63) is 28.8 Å². The Kier molecular flexibility index (Phi) is 3.93. The molecule has 0 aliphatic carbocycles. The number of halogens is 1. The molecule has 1 unspecified atom stereocenters. The van der Waals surface area contributed by atoms with Crippen LogP contribution in [0.5, 0.6) is 0 Å². The molecule has 1 aliphatic heterocycles. The number of nitrogens with one attached hydrogen (secondary N) is 1. The van der Waals surface area contributed by atoms with Crippen LogP contribution in [-0.2, 0) is 0 Å². The number of benzene rings is 1. The molecule has 4 heteroatoms. The van der Waals surface area contributed by atoms with Gasteiger partial charge in [0.2, 0.25) is 0 Å². The molecule has 98 valence electrons. The van der Waals surface area contributed by atoms with Crippen molar-refractivity contribution < 1.29 is 4.79 Å². The first-order valence-electron chi connectivity index (χ1n) is 6.39. The highest BCUT2D eigenvalue weighted by Crippen LogP contribution is 2.35. The third-order valence-electron chi connectivity index (χ3n) is 3.72. The van der Waals surface area contributed by atoms with Crippen molar-refractivity contribution in [1.82, 2.24) is 5.32 Å². The summed E-state index contributed by atoms with van der Waals surface area (Å²) >= 11 is 5.99. The number of hydrogen-bond donors (Lipinski definition) is 2. The van der Waals surface area contributed by atoms with Crippen molar-refractivity contribution in [1.29, 1.82) is 0 Å². The Morgan fingerprint density at radius 1 is 1.56 bits per heavy atom. The average Bonchev–Trinajstić information content (AvgIpc) is 2.82. The number of ketones is 1. The van der Waals surface area contributed by atoms with Crippen molar-refractivity contribution in [2.75, 3.05) is 18.8 Å². The lowest BCUT2D eigenvalue weighted by Crippen LogP contribution is -2.33. The minimum atomic E-state index is -0.256. The van der Waals surface area contributed by atoms with Gasteiger partial charge < -0.3 is 11.1 Å². The Morgan fingerprint density at radius 3 is 2.89 bits per heavy atom. The zero-order valence-corrected chi connectivity index (χ0v) is 11.4. The van der Waals surface area contributed by atoms with E-state index >= 15 is 0 Å². The third kappa shape index (κ3) is 2.38. The second kappa shape index (κ2) is 5.29. The van der Waals surface area contributed by atoms with E-state index in [1.54, 1.807) is 18.2 Å². The molecule has 18 heavy (non-hydrogen) atoms. The number of anilines is 1. The Balaban J connectivity index is 2.30. The molecule has 1 aromatic rings. The van der Waals surface area contributed by atoms with Gasteiger partial charge in [-0.05, 0) is 37.6 Å². The summed E-state index contributed by atoms with van der Waals surface area (Å²) in [6.07, 6.45) is 2.83. The van der Waals surface area contributed by atoms with E-state index in [-0.39, 0.29) is 11.2 Å². The molecule has 3 N–H and O–H groups in total. The molecule has 1 aromatic carbocycles. The van der Waals surface area contributed by atoms with Crippen LogP contribution < -0.4 is 11.1 Å². The van der Waals surface area contributed by atoms with Crippen LogP contribution in [-0.4, -0.2) is 18.9 Å². The number of carbonyl (C=O) groups is 1. The molecule has 3 nitrogen and oxygen atoms in total. The molecule has 0 bridgehead atoms. The van der Waals surface area contributed by atoms with E-state index in [0.717, 1.165) is 32.4 Å². The molecule has 0 radical (unpaired) electrons. The van der Waals surface area contributed by atoms with Gasteiger partial charge in [-0.15, -0.1) is 0 Å².